The first-order valence-electron chi connectivity index (χ1n) is 7.13. The van der Waals surface area contributed by atoms with E-state index in [4.69, 9.17) is 4.74 Å². The number of carbonyl (C=O) groups excluding carboxylic acids is 1. The van der Waals surface area contributed by atoms with Gasteiger partial charge in [-0.3, -0.25) is 9.69 Å². The number of nitrogens with zero attached hydrogens (tertiary/aromatic N) is 1. The topological polar surface area (TPSA) is 41.6 Å². The van der Waals surface area contributed by atoms with Gasteiger partial charge in [0.05, 0.1) is 6.61 Å². The molecule has 1 heterocycles. The fraction of sp³-hybridized carbons (Fsp3) is 0.929. The first kappa shape index (κ1) is 13.8. The second-order valence-corrected chi connectivity index (χ2v) is 6.33. The Hall–Kier alpha value is -0.610. The van der Waals surface area contributed by atoms with Crippen molar-refractivity contribution in [1.29, 1.82) is 0 Å². The van der Waals surface area contributed by atoms with Crippen LogP contribution in [0, 0.1) is 5.41 Å². The summed E-state index contributed by atoms with van der Waals surface area (Å²) >= 11 is 0. The van der Waals surface area contributed by atoms with E-state index in [9.17, 15) is 4.79 Å². The van der Waals surface area contributed by atoms with Gasteiger partial charge < -0.3 is 10.1 Å². The van der Waals surface area contributed by atoms with Gasteiger partial charge >= 0.3 is 5.97 Å². The van der Waals surface area contributed by atoms with E-state index >= 15 is 0 Å². The number of hydrogen-bond donors (Lipinski definition) is 1. The Kier molecular flexibility index (Phi) is 3.97. The maximum atomic E-state index is 12.5. The lowest BCUT2D eigenvalue weighted by atomic mass is 9.86. The molecule has 1 atom stereocenters. The Labute approximate surface area is 110 Å². The summed E-state index contributed by atoms with van der Waals surface area (Å²) in [6, 6.07) is 0. The summed E-state index contributed by atoms with van der Waals surface area (Å²) in [6.07, 6.45) is 2.98. The third-order valence-electron chi connectivity index (χ3n) is 4.36. The van der Waals surface area contributed by atoms with E-state index in [1.54, 1.807) is 0 Å². The summed E-state index contributed by atoms with van der Waals surface area (Å²) in [7, 11) is 0. The second kappa shape index (κ2) is 5.17. The molecule has 1 aliphatic heterocycles. The van der Waals surface area contributed by atoms with Gasteiger partial charge in [-0.25, -0.2) is 0 Å². The number of nitrogens with one attached hydrogen (secondary N) is 1. The molecule has 18 heavy (non-hydrogen) atoms. The molecule has 2 aliphatic rings. The molecule has 0 aromatic carbocycles. The van der Waals surface area contributed by atoms with Crippen LogP contribution in [0.5, 0.6) is 0 Å². The van der Waals surface area contributed by atoms with Crippen LogP contribution >= 0.6 is 0 Å². The van der Waals surface area contributed by atoms with Crippen molar-refractivity contribution in [3.63, 3.8) is 0 Å². The molecule has 0 spiro atoms. The third kappa shape index (κ3) is 2.54. The zero-order valence-electron chi connectivity index (χ0n) is 11.9. The molecule has 2 fully saturated rings. The van der Waals surface area contributed by atoms with E-state index in [-0.39, 0.29) is 16.9 Å². The van der Waals surface area contributed by atoms with Crippen molar-refractivity contribution in [2.45, 2.75) is 45.6 Å². The van der Waals surface area contributed by atoms with Gasteiger partial charge in [0.25, 0.3) is 0 Å². The molecule has 1 unspecified atom stereocenters. The van der Waals surface area contributed by atoms with Crippen LogP contribution < -0.4 is 5.32 Å². The van der Waals surface area contributed by atoms with E-state index in [1.807, 2.05) is 6.92 Å². The molecule has 2 rings (SSSR count). The predicted molar refractivity (Wildman–Crippen MR) is 71.4 cm³/mol. The van der Waals surface area contributed by atoms with E-state index in [2.05, 4.69) is 24.1 Å². The van der Waals surface area contributed by atoms with E-state index in [0.717, 1.165) is 45.4 Å². The zero-order chi connectivity index (χ0) is 13.2. The molecule has 1 N–H and O–H groups in total. The molecule has 1 saturated heterocycles. The van der Waals surface area contributed by atoms with Crippen molar-refractivity contribution in [3.8, 4) is 0 Å². The number of rotatable bonds is 3. The molecule has 104 valence electrons. The fourth-order valence-corrected chi connectivity index (χ4v) is 3.45. The standard InChI is InChI=1S/C14H26N2O2/c1-4-18-12(17)14(6-5-13(2,3)11-14)16-9-7-15-8-10-16/h15H,4-11H2,1-3H3. The molecule has 1 saturated carbocycles. The van der Waals surface area contributed by atoms with Gasteiger partial charge in [0, 0.05) is 26.2 Å². The molecule has 0 bridgehead atoms. The normalized spacial score (nSPS) is 32.4. The first-order valence-corrected chi connectivity index (χ1v) is 7.13. The SMILES string of the molecule is CCOC(=O)C1(N2CCNCC2)CCC(C)(C)C1. The van der Waals surface area contributed by atoms with Gasteiger partial charge in [-0.05, 0) is 31.6 Å². The molecule has 4 heteroatoms. The van der Waals surface area contributed by atoms with Crippen LogP contribution in [0.15, 0.2) is 0 Å². The zero-order valence-corrected chi connectivity index (χ0v) is 11.9. The van der Waals surface area contributed by atoms with Crippen LogP contribution in [0.2, 0.25) is 0 Å². The predicted octanol–water partition coefficient (Wildman–Crippen LogP) is 1.40. The Bertz CT molecular complexity index is 311. The minimum absolute atomic E-state index is 0.00234. The molecular formula is C14H26N2O2. The summed E-state index contributed by atoms with van der Waals surface area (Å²) in [4.78, 5) is 14.8. The van der Waals surface area contributed by atoms with Gasteiger partial charge in [0.2, 0.25) is 0 Å². The van der Waals surface area contributed by atoms with Crippen molar-refractivity contribution >= 4 is 5.97 Å². The van der Waals surface area contributed by atoms with Crippen LogP contribution in [-0.4, -0.2) is 49.2 Å². The van der Waals surface area contributed by atoms with E-state index in [0.29, 0.717) is 6.61 Å². The smallest absolute Gasteiger partial charge is 0.326 e. The first-order chi connectivity index (χ1) is 8.50. The lowest BCUT2D eigenvalue weighted by Gasteiger charge is -2.42. The molecule has 1 aliphatic carbocycles. The van der Waals surface area contributed by atoms with E-state index < -0.39 is 0 Å². The lowest BCUT2D eigenvalue weighted by Crippen LogP contribution is -2.59. The van der Waals surface area contributed by atoms with Crippen molar-refractivity contribution in [1.82, 2.24) is 10.2 Å². The Morgan fingerprint density at radius 2 is 1.94 bits per heavy atom. The van der Waals surface area contributed by atoms with Gasteiger partial charge in [0.15, 0.2) is 0 Å². The molecule has 0 radical (unpaired) electrons. The molecule has 4 nitrogen and oxygen atoms in total. The van der Waals surface area contributed by atoms with Gasteiger partial charge in [-0.1, -0.05) is 13.8 Å². The Morgan fingerprint density at radius 3 is 2.44 bits per heavy atom. The van der Waals surface area contributed by atoms with Gasteiger partial charge in [-0.15, -0.1) is 0 Å². The van der Waals surface area contributed by atoms with Crippen LogP contribution in [0.25, 0.3) is 0 Å². The number of carbonyl (C=O) groups is 1. The Balaban J connectivity index is 2.19. The van der Waals surface area contributed by atoms with Crippen LogP contribution in [-0.2, 0) is 9.53 Å². The molecule has 0 aromatic rings. The average Bonchev–Trinajstić information content (AvgIpc) is 2.68. The fourth-order valence-electron chi connectivity index (χ4n) is 3.45. The highest BCUT2D eigenvalue weighted by Gasteiger charge is 2.53. The maximum Gasteiger partial charge on any atom is 0.326 e. The van der Waals surface area contributed by atoms with Gasteiger partial charge in [0.1, 0.15) is 5.54 Å². The van der Waals surface area contributed by atoms with E-state index in [1.165, 1.54) is 0 Å². The number of ether oxygens (including phenoxy) is 1. The summed E-state index contributed by atoms with van der Waals surface area (Å²) < 4.78 is 5.37. The average molecular weight is 254 g/mol. The van der Waals surface area contributed by atoms with Crippen molar-refractivity contribution < 1.29 is 9.53 Å². The highest BCUT2D eigenvalue weighted by atomic mass is 16.5. The molecule has 0 amide bonds. The second-order valence-electron chi connectivity index (χ2n) is 6.33. The lowest BCUT2D eigenvalue weighted by molar-refractivity contribution is -0.159. The maximum absolute atomic E-state index is 12.5. The highest BCUT2D eigenvalue weighted by molar-refractivity contribution is 5.81. The third-order valence-corrected chi connectivity index (χ3v) is 4.36. The summed E-state index contributed by atoms with van der Waals surface area (Å²) in [5, 5.41) is 3.35. The van der Waals surface area contributed by atoms with Crippen LogP contribution in [0.1, 0.15) is 40.0 Å². The van der Waals surface area contributed by atoms with Crippen LogP contribution in [0.3, 0.4) is 0 Å². The quantitative estimate of drug-likeness (QED) is 0.773. The molecule has 0 aromatic heterocycles. The molecular weight excluding hydrogens is 228 g/mol. The number of piperazine rings is 1. The Morgan fingerprint density at radius 1 is 1.28 bits per heavy atom. The summed E-state index contributed by atoms with van der Waals surface area (Å²) in [5.74, 6) is -0.00234. The van der Waals surface area contributed by atoms with Crippen molar-refractivity contribution in [2.24, 2.45) is 5.41 Å². The minimum atomic E-state index is -0.360. The largest absolute Gasteiger partial charge is 0.465 e. The minimum Gasteiger partial charge on any atom is -0.465 e. The van der Waals surface area contributed by atoms with Crippen LogP contribution in [0.4, 0.5) is 0 Å². The van der Waals surface area contributed by atoms with Crippen molar-refractivity contribution in [2.75, 3.05) is 32.8 Å². The monoisotopic (exact) mass is 254 g/mol. The summed E-state index contributed by atoms with van der Waals surface area (Å²) in [5.41, 5.74) is -0.112. The van der Waals surface area contributed by atoms with Crippen molar-refractivity contribution in [3.05, 3.63) is 0 Å². The number of hydrogen-bond acceptors (Lipinski definition) is 4. The number of esters is 1. The van der Waals surface area contributed by atoms with Gasteiger partial charge in [-0.2, -0.15) is 0 Å². The summed E-state index contributed by atoms with van der Waals surface area (Å²) in [6.45, 7) is 10.7. The highest BCUT2D eigenvalue weighted by Crippen LogP contribution is 2.47.